The highest BCUT2D eigenvalue weighted by atomic mass is 32.2. The molecule has 136 valence electrons. The van der Waals surface area contributed by atoms with E-state index in [9.17, 15) is 13.2 Å². The topological polar surface area (TPSA) is 66.8 Å². The molecule has 0 N–H and O–H groups in total. The Kier molecular flexibility index (Phi) is 5.25. The van der Waals surface area contributed by atoms with E-state index in [0.717, 1.165) is 29.7 Å². The van der Waals surface area contributed by atoms with Crippen molar-refractivity contribution in [2.45, 2.75) is 51.3 Å². The fraction of sp³-hybridized carbons (Fsp3) is 0.556. The minimum absolute atomic E-state index is 0.0531. The number of aliphatic imine (C=N–C) groups is 1. The van der Waals surface area contributed by atoms with Crippen LogP contribution in [0.1, 0.15) is 37.3 Å². The van der Waals surface area contributed by atoms with Gasteiger partial charge < -0.3 is 4.90 Å². The lowest BCUT2D eigenvalue weighted by atomic mass is 10.1. The van der Waals surface area contributed by atoms with Crippen molar-refractivity contribution in [3.63, 3.8) is 0 Å². The van der Waals surface area contributed by atoms with Gasteiger partial charge in [0.1, 0.15) is 0 Å². The van der Waals surface area contributed by atoms with Crippen molar-refractivity contribution in [3.05, 3.63) is 29.3 Å². The number of thioether (sulfide) groups is 1. The first-order valence-electron chi connectivity index (χ1n) is 8.66. The van der Waals surface area contributed by atoms with Crippen molar-refractivity contribution in [1.82, 2.24) is 0 Å². The summed E-state index contributed by atoms with van der Waals surface area (Å²) in [6, 6.07) is 5.97. The summed E-state index contributed by atoms with van der Waals surface area (Å²) in [6.45, 7) is 6.06. The van der Waals surface area contributed by atoms with Crippen LogP contribution in [0.15, 0.2) is 23.2 Å². The van der Waals surface area contributed by atoms with Crippen LogP contribution in [0.4, 0.5) is 5.69 Å². The van der Waals surface area contributed by atoms with Gasteiger partial charge in [-0.05, 0) is 37.5 Å². The lowest BCUT2D eigenvalue weighted by molar-refractivity contribution is -0.117. The predicted octanol–water partition coefficient (Wildman–Crippen LogP) is 3.10. The Bertz CT molecular complexity index is 818. The maximum atomic E-state index is 12.2. The van der Waals surface area contributed by atoms with E-state index < -0.39 is 9.84 Å². The number of amides is 1. The summed E-state index contributed by atoms with van der Waals surface area (Å²) in [5.41, 5.74) is 3.12. The van der Waals surface area contributed by atoms with Crippen molar-refractivity contribution in [3.8, 4) is 0 Å². The van der Waals surface area contributed by atoms with Crippen LogP contribution in [-0.4, -0.2) is 42.3 Å². The maximum absolute atomic E-state index is 12.2. The largest absolute Gasteiger partial charge is 0.315 e. The monoisotopic (exact) mass is 380 g/mol. The normalized spacial score (nSPS) is 26.2. The highest BCUT2D eigenvalue weighted by Gasteiger charge is 2.49. The average molecular weight is 381 g/mol. The Balaban J connectivity index is 1.99. The summed E-state index contributed by atoms with van der Waals surface area (Å²) in [4.78, 5) is 18.5. The van der Waals surface area contributed by atoms with E-state index in [1.807, 2.05) is 37.8 Å². The predicted molar refractivity (Wildman–Crippen MR) is 104 cm³/mol. The second-order valence-electron chi connectivity index (χ2n) is 6.85. The molecular weight excluding hydrogens is 356 g/mol. The standard InChI is InChI=1S/C18H24N2O3S2/c1-4-5-6-17(21)19-18-20(14-9-12(2)7-8-13(14)3)15-10-25(22,23)11-16(15)24-18/h7-9,15-16H,4-6,10-11H2,1-3H3/t15-,16-/m1/s1. The minimum atomic E-state index is -3.04. The van der Waals surface area contributed by atoms with Crippen molar-refractivity contribution in [2.24, 2.45) is 4.99 Å². The number of amidine groups is 1. The molecule has 1 aromatic rings. The third-order valence-electron chi connectivity index (χ3n) is 4.66. The van der Waals surface area contributed by atoms with Gasteiger partial charge in [0.2, 0.25) is 5.91 Å². The zero-order valence-corrected chi connectivity index (χ0v) is 16.5. The summed E-state index contributed by atoms with van der Waals surface area (Å²) < 4.78 is 24.2. The Morgan fingerprint density at radius 3 is 2.80 bits per heavy atom. The number of hydrogen-bond acceptors (Lipinski definition) is 4. The summed E-state index contributed by atoms with van der Waals surface area (Å²) in [7, 11) is -3.04. The van der Waals surface area contributed by atoms with Gasteiger partial charge in [-0.2, -0.15) is 4.99 Å². The molecule has 0 aromatic heterocycles. The number of carbonyl (C=O) groups excluding carboxylic acids is 1. The zero-order chi connectivity index (χ0) is 18.2. The zero-order valence-electron chi connectivity index (χ0n) is 14.9. The Hall–Kier alpha value is -1.34. The Labute approximate surface area is 153 Å². The van der Waals surface area contributed by atoms with Crippen LogP contribution >= 0.6 is 11.8 Å². The molecule has 0 bridgehead atoms. The third kappa shape index (κ3) is 3.92. The van der Waals surface area contributed by atoms with E-state index in [0.29, 0.717) is 11.6 Å². The molecule has 2 heterocycles. The van der Waals surface area contributed by atoms with Crippen molar-refractivity contribution in [1.29, 1.82) is 0 Å². The average Bonchev–Trinajstić information content (AvgIpc) is 2.98. The fourth-order valence-corrected chi connectivity index (χ4v) is 7.24. The van der Waals surface area contributed by atoms with Gasteiger partial charge in [-0.25, -0.2) is 8.42 Å². The first-order valence-corrected chi connectivity index (χ1v) is 11.4. The molecule has 1 aromatic carbocycles. The van der Waals surface area contributed by atoms with Crippen LogP contribution < -0.4 is 4.90 Å². The van der Waals surface area contributed by atoms with Crippen LogP contribution in [-0.2, 0) is 14.6 Å². The highest BCUT2D eigenvalue weighted by molar-refractivity contribution is 8.16. The number of hydrogen-bond donors (Lipinski definition) is 0. The van der Waals surface area contributed by atoms with E-state index in [2.05, 4.69) is 11.1 Å². The molecule has 1 amide bonds. The number of nitrogens with zero attached hydrogens (tertiary/aromatic N) is 2. The molecule has 0 spiro atoms. The van der Waals surface area contributed by atoms with Gasteiger partial charge >= 0.3 is 0 Å². The molecule has 0 radical (unpaired) electrons. The second kappa shape index (κ2) is 7.11. The van der Waals surface area contributed by atoms with E-state index in [1.165, 1.54) is 11.8 Å². The molecule has 3 rings (SSSR count). The molecule has 2 aliphatic heterocycles. The highest BCUT2D eigenvalue weighted by Crippen LogP contribution is 2.42. The van der Waals surface area contributed by atoms with Crippen molar-refractivity contribution in [2.75, 3.05) is 16.4 Å². The molecule has 2 aliphatic rings. The van der Waals surface area contributed by atoms with Crippen molar-refractivity contribution >= 4 is 38.4 Å². The molecule has 5 nitrogen and oxygen atoms in total. The SMILES string of the molecule is CCCCC(=O)N=C1S[C@@H]2CS(=O)(=O)C[C@H]2N1c1cc(C)ccc1C. The van der Waals surface area contributed by atoms with Crippen LogP contribution in [0, 0.1) is 13.8 Å². The maximum Gasteiger partial charge on any atom is 0.248 e. The quantitative estimate of drug-likeness (QED) is 0.803. The van der Waals surface area contributed by atoms with Crippen LogP contribution in [0.5, 0.6) is 0 Å². The minimum Gasteiger partial charge on any atom is -0.315 e. The number of anilines is 1. The van der Waals surface area contributed by atoms with E-state index in [1.54, 1.807) is 0 Å². The molecule has 25 heavy (non-hydrogen) atoms. The van der Waals surface area contributed by atoms with Gasteiger partial charge in [0, 0.05) is 17.4 Å². The van der Waals surface area contributed by atoms with E-state index in [-0.39, 0.29) is 28.7 Å². The first-order chi connectivity index (χ1) is 11.8. The molecule has 0 saturated carbocycles. The third-order valence-corrected chi connectivity index (χ3v) is 7.87. The van der Waals surface area contributed by atoms with Gasteiger partial charge in [-0.15, -0.1) is 0 Å². The summed E-state index contributed by atoms with van der Waals surface area (Å²) >= 11 is 1.44. The number of benzene rings is 1. The van der Waals surface area contributed by atoms with Gasteiger partial charge in [0.15, 0.2) is 15.0 Å². The molecule has 2 saturated heterocycles. The number of unbranched alkanes of at least 4 members (excludes halogenated alkanes) is 1. The molecule has 2 fully saturated rings. The molecule has 7 heteroatoms. The van der Waals surface area contributed by atoms with Gasteiger partial charge in [0.25, 0.3) is 0 Å². The van der Waals surface area contributed by atoms with Gasteiger partial charge in [-0.3, -0.25) is 4.79 Å². The lowest BCUT2D eigenvalue weighted by Crippen LogP contribution is -2.38. The number of rotatable bonds is 4. The van der Waals surface area contributed by atoms with Crippen molar-refractivity contribution < 1.29 is 13.2 Å². The second-order valence-corrected chi connectivity index (χ2v) is 10.2. The van der Waals surface area contributed by atoms with E-state index in [4.69, 9.17) is 0 Å². The smallest absolute Gasteiger partial charge is 0.248 e. The molecule has 0 unspecified atom stereocenters. The number of carbonyl (C=O) groups is 1. The fourth-order valence-electron chi connectivity index (χ4n) is 3.32. The Morgan fingerprint density at radius 1 is 1.32 bits per heavy atom. The van der Waals surface area contributed by atoms with E-state index >= 15 is 0 Å². The summed E-state index contributed by atoms with van der Waals surface area (Å²) in [5, 5.41) is 0.599. The van der Waals surface area contributed by atoms with Gasteiger partial charge in [0.05, 0.1) is 17.5 Å². The summed E-state index contributed by atoms with van der Waals surface area (Å²) in [6.07, 6.45) is 2.22. The number of fused-ring (bicyclic) bond motifs is 1. The number of sulfone groups is 1. The number of aryl methyl sites for hydroxylation is 2. The molecule has 2 atom stereocenters. The van der Waals surface area contributed by atoms with Crippen LogP contribution in [0.2, 0.25) is 0 Å². The van der Waals surface area contributed by atoms with Crippen LogP contribution in [0.25, 0.3) is 0 Å². The molecule has 0 aliphatic carbocycles. The van der Waals surface area contributed by atoms with Gasteiger partial charge in [-0.1, -0.05) is 37.2 Å². The summed E-state index contributed by atoms with van der Waals surface area (Å²) in [5.74, 6) is 0.161. The Morgan fingerprint density at radius 2 is 2.08 bits per heavy atom. The van der Waals surface area contributed by atoms with Crippen LogP contribution in [0.3, 0.4) is 0 Å². The lowest BCUT2D eigenvalue weighted by Gasteiger charge is -2.26. The molecular formula is C18H24N2O3S2. The first kappa shape index (κ1) is 18.5.